The molecule has 0 unspecified atom stereocenters. The number of methoxy groups -OCH3 is 1. The first-order valence-corrected chi connectivity index (χ1v) is 5.50. The number of hydrogen-bond donors (Lipinski definition) is 1. The van der Waals surface area contributed by atoms with Crippen molar-refractivity contribution < 1.29 is 4.74 Å². The Balaban J connectivity index is 1.69. The summed E-state index contributed by atoms with van der Waals surface area (Å²) >= 11 is 0. The molecule has 2 aliphatic heterocycles. The standard InChI is InChI=1S/C10H21N3O/c1-14-4-2-3-12-5-9-7-13(11)8-10(9)6-12/h9-10H,2-8,11H2,1H3/t9-,10+. The molecule has 0 amide bonds. The Bertz CT molecular complexity index is 174. The maximum atomic E-state index is 5.79. The third kappa shape index (κ3) is 2.25. The molecule has 0 aromatic heterocycles. The first-order valence-electron chi connectivity index (χ1n) is 5.50. The third-order valence-electron chi connectivity index (χ3n) is 3.41. The number of hydrogen-bond acceptors (Lipinski definition) is 4. The fourth-order valence-corrected chi connectivity index (χ4v) is 2.74. The van der Waals surface area contributed by atoms with Crippen molar-refractivity contribution in [1.82, 2.24) is 9.91 Å². The van der Waals surface area contributed by atoms with Crippen LogP contribution in [0.15, 0.2) is 0 Å². The molecule has 2 fully saturated rings. The van der Waals surface area contributed by atoms with Crippen LogP contribution in [-0.4, -0.2) is 56.3 Å². The predicted octanol–water partition coefficient (Wildman–Crippen LogP) is -0.240. The molecule has 14 heavy (non-hydrogen) atoms. The van der Waals surface area contributed by atoms with E-state index in [4.69, 9.17) is 10.6 Å². The molecule has 0 aliphatic carbocycles. The molecule has 4 nitrogen and oxygen atoms in total. The molecule has 2 aliphatic rings. The number of nitrogens with zero attached hydrogens (tertiary/aromatic N) is 2. The summed E-state index contributed by atoms with van der Waals surface area (Å²) in [4.78, 5) is 2.56. The number of fused-ring (bicyclic) bond motifs is 1. The molecule has 2 rings (SSSR count). The minimum absolute atomic E-state index is 0.822. The first-order chi connectivity index (χ1) is 6.79. The minimum atomic E-state index is 0.822. The summed E-state index contributed by atoms with van der Waals surface area (Å²) in [6.07, 6.45) is 1.16. The molecule has 0 radical (unpaired) electrons. The van der Waals surface area contributed by atoms with Crippen molar-refractivity contribution in [2.45, 2.75) is 6.42 Å². The lowest BCUT2D eigenvalue weighted by molar-refractivity contribution is 0.174. The topological polar surface area (TPSA) is 41.7 Å². The normalized spacial score (nSPS) is 33.9. The Morgan fingerprint density at radius 2 is 1.86 bits per heavy atom. The number of nitrogens with two attached hydrogens (primary N) is 1. The average Bonchev–Trinajstić information content (AvgIpc) is 2.61. The molecular weight excluding hydrogens is 178 g/mol. The van der Waals surface area contributed by atoms with Gasteiger partial charge in [0, 0.05) is 46.4 Å². The summed E-state index contributed by atoms with van der Waals surface area (Å²) in [5, 5.41) is 1.97. The lowest BCUT2D eigenvalue weighted by atomic mass is 10.0. The van der Waals surface area contributed by atoms with Crippen molar-refractivity contribution in [2.24, 2.45) is 17.7 Å². The SMILES string of the molecule is COCCCN1C[C@H]2CN(N)C[C@H]2C1. The van der Waals surface area contributed by atoms with E-state index in [1.54, 1.807) is 7.11 Å². The van der Waals surface area contributed by atoms with Crippen LogP contribution in [0, 0.1) is 11.8 Å². The van der Waals surface area contributed by atoms with Crippen LogP contribution < -0.4 is 5.84 Å². The number of rotatable bonds is 4. The second-order valence-corrected chi connectivity index (χ2v) is 4.58. The van der Waals surface area contributed by atoms with E-state index in [0.29, 0.717) is 0 Å². The van der Waals surface area contributed by atoms with Crippen molar-refractivity contribution in [1.29, 1.82) is 0 Å². The zero-order chi connectivity index (χ0) is 9.97. The van der Waals surface area contributed by atoms with Gasteiger partial charge in [-0.2, -0.15) is 0 Å². The van der Waals surface area contributed by atoms with Crippen LogP contribution in [0.3, 0.4) is 0 Å². The molecule has 4 heteroatoms. The van der Waals surface area contributed by atoms with Crippen LogP contribution in [0.5, 0.6) is 0 Å². The van der Waals surface area contributed by atoms with Crippen LogP contribution >= 0.6 is 0 Å². The third-order valence-corrected chi connectivity index (χ3v) is 3.41. The van der Waals surface area contributed by atoms with Crippen LogP contribution in [0.2, 0.25) is 0 Å². The van der Waals surface area contributed by atoms with Gasteiger partial charge in [0.1, 0.15) is 0 Å². The maximum Gasteiger partial charge on any atom is 0.0474 e. The highest BCUT2D eigenvalue weighted by Gasteiger charge is 2.38. The molecule has 2 heterocycles. The van der Waals surface area contributed by atoms with Crippen molar-refractivity contribution in [3.05, 3.63) is 0 Å². The van der Waals surface area contributed by atoms with Gasteiger partial charge in [0.25, 0.3) is 0 Å². The highest BCUT2D eigenvalue weighted by atomic mass is 16.5. The lowest BCUT2D eigenvalue weighted by Gasteiger charge is -2.18. The summed E-state index contributed by atoms with van der Waals surface area (Å²) in [7, 11) is 1.77. The molecule has 2 atom stereocenters. The van der Waals surface area contributed by atoms with Gasteiger partial charge in [-0.3, -0.25) is 5.84 Å². The Labute approximate surface area is 86.0 Å². The Hall–Kier alpha value is -0.160. The fraction of sp³-hybridized carbons (Fsp3) is 1.00. The van der Waals surface area contributed by atoms with Crippen LogP contribution in [0.4, 0.5) is 0 Å². The Kier molecular flexibility index (Phi) is 3.38. The molecule has 0 aromatic rings. The summed E-state index contributed by atoms with van der Waals surface area (Å²) < 4.78 is 5.06. The molecule has 0 spiro atoms. The smallest absolute Gasteiger partial charge is 0.0474 e. The van der Waals surface area contributed by atoms with E-state index in [1.807, 2.05) is 5.01 Å². The van der Waals surface area contributed by atoms with E-state index in [-0.39, 0.29) is 0 Å². The summed E-state index contributed by atoms with van der Waals surface area (Å²) in [6.45, 7) is 6.72. The highest BCUT2D eigenvalue weighted by molar-refractivity contribution is 4.91. The van der Waals surface area contributed by atoms with Crippen molar-refractivity contribution in [2.75, 3.05) is 46.4 Å². The van der Waals surface area contributed by atoms with Crippen molar-refractivity contribution in [3.63, 3.8) is 0 Å². The second kappa shape index (κ2) is 4.57. The first kappa shape index (κ1) is 10.4. The lowest BCUT2D eigenvalue weighted by Crippen LogP contribution is -2.33. The van der Waals surface area contributed by atoms with Crippen molar-refractivity contribution in [3.8, 4) is 0 Å². The van der Waals surface area contributed by atoms with Gasteiger partial charge in [-0.15, -0.1) is 0 Å². The molecule has 0 aromatic carbocycles. The Morgan fingerprint density at radius 1 is 1.21 bits per heavy atom. The minimum Gasteiger partial charge on any atom is -0.385 e. The molecule has 0 bridgehead atoms. The second-order valence-electron chi connectivity index (χ2n) is 4.58. The fourth-order valence-electron chi connectivity index (χ4n) is 2.74. The number of likely N-dealkylation sites (tertiary alicyclic amines) is 1. The van der Waals surface area contributed by atoms with Gasteiger partial charge in [0.15, 0.2) is 0 Å². The van der Waals surface area contributed by atoms with E-state index in [1.165, 1.54) is 19.6 Å². The van der Waals surface area contributed by atoms with Gasteiger partial charge < -0.3 is 9.64 Å². The molecular formula is C10H21N3O. The summed E-state index contributed by atoms with van der Waals surface area (Å²) in [6, 6.07) is 0. The van der Waals surface area contributed by atoms with Crippen LogP contribution in [0.1, 0.15) is 6.42 Å². The van der Waals surface area contributed by atoms with Crippen LogP contribution in [-0.2, 0) is 4.74 Å². The largest absolute Gasteiger partial charge is 0.385 e. The average molecular weight is 199 g/mol. The van der Waals surface area contributed by atoms with Crippen molar-refractivity contribution >= 4 is 0 Å². The predicted molar refractivity (Wildman–Crippen MR) is 55.7 cm³/mol. The van der Waals surface area contributed by atoms with E-state index >= 15 is 0 Å². The number of hydrazine groups is 1. The summed E-state index contributed by atoms with van der Waals surface area (Å²) in [5.74, 6) is 7.43. The van der Waals surface area contributed by atoms with E-state index in [2.05, 4.69) is 4.90 Å². The van der Waals surface area contributed by atoms with Gasteiger partial charge in [0.2, 0.25) is 0 Å². The quantitative estimate of drug-likeness (QED) is 0.501. The monoisotopic (exact) mass is 199 g/mol. The zero-order valence-electron chi connectivity index (χ0n) is 8.98. The Morgan fingerprint density at radius 3 is 2.43 bits per heavy atom. The molecule has 0 saturated carbocycles. The maximum absolute atomic E-state index is 5.79. The zero-order valence-corrected chi connectivity index (χ0v) is 8.98. The van der Waals surface area contributed by atoms with E-state index in [0.717, 1.165) is 38.0 Å². The van der Waals surface area contributed by atoms with Gasteiger partial charge in [-0.05, 0) is 18.3 Å². The van der Waals surface area contributed by atoms with Gasteiger partial charge in [-0.25, -0.2) is 5.01 Å². The van der Waals surface area contributed by atoms with Gasteiger partial charge >= 0.3 is 0 Å². The summed E-state index contributed by atoms with van der Waals surface area (Å²) in [5.41, 5.74) is 0. The van der Waals surface area contributed by atoms with Gasteiger partial charge in [0.05, 0.1) is 0 Å². The molecule has 2 N–H and O–H groups in total. The number of ether oxygens (including phenoxy) is 1. The van der Waals surface area contributed by atoms with Gasteiger partial charge in [-0.1, -0.05) is 0 Å². The van der Waals surface area contributed by atoms with E-state index in [9.17, 15) is 0 Å². The molecule has 2 saturated heterocycles. The van der Waals surface area contributed by atoms with E-state index < -0.39 is 0 Å². The molecule has 82 valence electrons. The highest BCUT2D eigenvalue weighted by Crippen LogP contribution is 2.29. The van der Waals surface area contributed by atoms with Crippen LogP contribution in [0.25, 0.3) is 0 Å².